The first-order valence-corrected chi connectivity index (χ1v) is 7.03. The molecule has 0 aromatic heterocycles. The SMILES string of the molecule is CC.Cc1cc(S(F)(F)(F)(F)F)cc(C#N)c1C#N. The lowest BCUT2D eigenvalue weighted by Gasteiger charge is -2.40. The van der Waals surface area contributed by atoms with Crippen LogP contribution < -0.4 is 0 Å². The standard InChI is InChI=1S/C9H5F5N2S.C2H6/c1-6-2-8(17(10,11,12,13)14)3-7(4-15)9(6)5-16;1-2/h2-3H,1H3;1-2H3. The average Bonchev–Trinajstić information content (AvgIpc) is 2.27. The molecule has 1 aromatic carbocycles. The fourth-order valence-electron chi connectivity index (χ4n) is 1.21. The van der Waals surface area contributed by atoms with E-state index in [1.54, 1.807) is 0 Å². The summed E-state index contributed by atoms with van der Waals surface area (Å²) in [4.78, 5) is -2.15. The van der Waals surface area contributed by atoms with Gasteiger partial charge in [0.2, 0.25) is 0 Å². The van der Waals surface area contributed by atoms with Gasteiger partial charge in [0.25, 0.3) is 0 Å². The van der Waals surface area contributed by atoms with Crippen molar-refractivity contribution in [2.45, 2.75) is 25.7 Å². The van der Waals surface area contributed by atoms with Crippen LogP contribution in [0.1, 0.15) is 30.5 Å². The topological polar surface area (TPSA) is 47.6 Å². The van der Waals surface area contributed by atoms with Gasteiger partial charge in [-0.1, -0.05) is 33.3 Å². The number of aryl methyl sites for hydroxylation is 1. The quantitative estimate of drug-likeness (QED) is 0.650. The van der Waals surface area contributed by atoms with Gasteiger partial charge in [0, 0.05) is 0 Å². The molecule has 1 aromatic rings. The lowest BCUT2D eigenvalue weighted by molar-refractivity contribution is 0.364. The van der Waals surface area contributed by atoms with Crippen molar-refractivity contribution in [2.75, 3.05) is 0 Å². The number of benzene rings is 1. The normalized spacial score (nSPS) is 14.0. The molecule has 0 fully saturated rings. The monoisotopic (exact) mass is 298 g/mol. The predicted molar refractivity (Wildman–Crippen MR) is 63.4 cm³/mol. The third kappa shape index (κ3) is 4.11. The molecule has 0 saturated heterocycles. The molecule has 0 aliphatic heterocycles. The van der Waals surface area contributed by atoms with Gasteiger partial charge in [0.05, 0.1) is 11.1 Å². The van der Waals surface area contributed by atoms with Crippen LogP contribution in [0, 0.1) is 29.6 Å². The Balaban J connectivity index is 0.00000154. The van der Waals surface area contributed by atoms with E-state index in [2.05, 4.69) is 0 Å². The summed E-state index contributed by atoms with van der Waals surface area (Å²) in [6, 6.07) is 2.98. The summed E-state index contributed by atoms with van der Waals surface area (Å²) in [6.07, 6.45) is 0. The molecule has 0 radical (unpaired) electrons. The molecule has 0 saturated carbocycles. The van der Waals surface area contributed by atoms with E-state index in [0.29, 0.717) is 0 Å². The van der Waals surface area contributed by atoms with Crippen LogP contribution >= 0.6 is 10.2 Å². The largest absolute Gasteiger partial charge is 0.310 e. The first-order chi connectivity index (χ1) is 8.38. The highest BCUT2D eigenvalue weighted by atomic mass is 32.5. The van der Waals surface area contributed by atoms with E-state index in [9.17, 15) is 19.4 Å². The van der Waals surface area contributed by atoms with Crippen LogP contribution in [-0.4, -0.2) is 0 Å². The molecule has 0 spiro atoms. The van der Waals surface area contributed by atoms with Crippen molar-refractivity contribution in [1.29, 1.82) is 10.5 Å². The summed E-state index contributed by atoms with van der Waals surface area (Å²) in [5.41, 5.74) is -1.36. The summed E-state index contributed by atoms with van der Waals surface area (Å²) in [5, 5.41) is 17.1. The molecule has 0 unspecified atom stereocenters. The highest BCUT2D eigenvalue weighted by Gasteiger charge is 2.65. The number of hydrogen-bond acceptors (Lipinski definition) is 2. The number of hydrogen-bond donors (Lipinski definition) is 0. The predicted octanol–water partition coefficient (Wildman–Crippen LogP) is 5.42. The fourth-order valence-corrected chi connectivity index (χ4v) is 1.95. The van der Waals surface area contributed by atoms with Crippen LogP contribution in [0.25, 0.3) is 0 Å². The molecule has 0 aliphatic carbocycles. The van der Waals surface area contributed by atoms with E-state index in [0.717, 1.165) is 6.92 Å². The van der Waals surface area contributed by atoms with Crippen LogP contribution in [-0.2, 0) is 0 Å². The van der Waals surface area contributed by atoms with Gasteiger partial charge >= 0.3 is 10.2 Å². The second-order valence-electron chi connectivity index (χ2n) is 3.36. The maximum atomic E-state index is 12.5. The minimum Gasteiger partial charge on any atom is -0.192 e. The molecule has 0 atom stereocenters. The molecular formula is C11H11F5N2S. The lowest BCUT2D eigenvalue weighted by atomic mass is 10.0. The summed E-state index contributed by atoms with van der Waals surface area (Å²) >= 11 is 0. The second kappa shape index (κ2) is 4.39. The average molecular weight is 298 g/mol. The fraction of sp³-hybridized carbons (Fsp3) is 0.273. The molecule has 0 aliphatic rings. The van der Waals surface area contributed by atoms with Gasteiger partial charge in [-0.2, -0.15) is 10.5 Å². The van der Waals surface area contributed by atoms with Crippen molar-refractivity contribution in [2.24, 2.45) is 0 Å². The lowest BCUT2D eigenvalue weighted by Crippen LogP contribution is -2.07. The smallest absolute Gasteiger partial charge is 0.192 e. The van der Waals surface area contributed by atoms with Crippen molar-refractivity contribution < 1.29 is 19.4 Å². The minimum absolute atomic E-state index is 0.00705. The van der Waals surface area contributed by atoms with E-state index in [-0.39, 0.29) is 23.3 Å². The summed E-state index contributed by atoms with van der Waals surface area (Å²) in [6.45, 7) is 5.06. The Morgan fingerprint density at radius 1 is 0.947 bits per heavy atom. The molecule has 0 amide bonds. The van der Waals surface area contributed by atoms with Crippen LogP contribution in [0.4, 0.5) is 19.4 Å². The van der Waals surface area contributed by atoms with Gasteiger partial charge < -0.3 is 0 Å². The Hall–Kier alpha value is -1.80. The zero-order valence-electron chi connectivity index (χ0n) is 10.3. The molecule has 19 heavy (non-hydrogen) atoms. The van der Waals surface area contributed by atoms with E-state index >= 15 is 0 Å². The van der Waals surface area contributed by atoms with Gasteiger partial charge in [0.15, 0.2) is 0 Å². The van der Waals surface area contributed by atoms with Gasteiger partial charge in [-0.15, -0.1) is 0 Å². The third-order valence-electron chi connectivity index (χ3n) is 1.99. The highest BCUT2D eigenvalue weighted by molar-refractivity contribution is 8.45. The summed E-state index contributed by atoms with van der Waals surface area (Å²) in [5.74, 6) is 0. The maximum Gasteiger partial charge on any atom is 0.310 e. The number of halogens is 5. The number of nitriles is 2. The van der Waals surface area contributed by atoms with E-state index in [1.807, 2.05) is 13.8 Å². The Kier molecular flexibility index (Phi) is 3.97. The van der Waals surface area contributed by atoms with Crippen molar-refractivity contribution in [1.82, 2.24) is 0 Å². The van der Waals surface area contributed by atoms with Crippen molar-refractivity contribution in [3.05, 3.63) is 28.8 Å². The van der Waals surface area contributed by atoms with Gasteiger partial charge in [-0.25, -0.2) is 0 Å². The van der Waals surface area contributed by atoms with Crippen LogP contribution in [0.15, 0.2) is 17.0 Å². The Morgan fingerprint density at radius 2 is 1.42 bits per heavy atom. The number of rotatable bonds is 1. The van der Waals surface area contributed by atoms with E-state index in [1.165, 1.54) is 12.1 Å². The molecular weight excluding hydrogens is 287 g/mol. The molecule has 0 bridgehead atoms. The molecule has 8 heteroatoms. The highest BCUT2D eigenvalue weighted by Crippen LogP contribution is 3.02. The molecule has 106 valence electrons. The first-order valence-electron chi connectivity index (χ1n) is 5.08. The Morgan fingerprint density at radius 3 is 1.74 bits per heavy atom. The van der Waals surface area contributed by atoms with Crippen LogP contribution in [0.3, 0.4) is 0 Å². The van der Waals surface area contributed by atoms with Crippen molar-refractivity contribution in [3.8, 4) is 12.1 Å². The zero-order valence-corrected chi connectivity index (χ0v) is 11.2. The maximum absolute atomic E-state index is 12.5. The van der Waals surface area contributed by atoms with Crippen molar-refractivity contribution in [3.63, 3.8) is 0 Å². The van der Waals surface area contributed by atoms with Crippen LogP contribution in [0.2, 0.25) is 0 Å². The molecule has 0 N–H and O–H groups in total. The molecule has 1 rings (SSSR count). The van der Waals surface area contributed by atoms with Crippen LogP contribution in [0.5, 0.6) is 0 Å². The zero-order chi connectivity index (χ0) is 15.5. The Labute approximate surface area is 107 Å². The molecule has 2 nitrogen and oxygen atoms in total. The summed E-state index contributed by atoms with van der Waals surface area (Å²) < 4.78 is 62.4. The van der Waals surface area contributed by atoms with Gasteiger partial charge in [-0.3, -0.25) is 0 Å². The third-order valence-corrected chi connectivity index (χ3v) is 3.11. The van der Waals surface area contributed by atoms with E-state index in [4.69, 9.17) is 10.5 Å². The van der Waals surface area contributed by atoms with Gasteiger partial charge in [0.1, 0.15) is 17.0 Å². The Bertz CT molecular complexity index is 578. The second-order valence-corrected chi connectivity index (χ2v) is 5.76. The summed E-state index contributed by atoms with van der Waals surface area (Å²) in [7, 11) is -9.81. The molecule has 0 heterocycles. The van der Waals surface area contributed by atoms with Crippen molar-refractivity contribution >= 4 is 10.2 Å². The van der Waals surface area contributed by atoms with E-state index < -0.39 is 20.7 Å². The van der Waals surface area contributed by atoms with Gasteiger partial charge in [-0.05, 0) is 24.6 Å². The minimum atomic E-state index is -9.81. The first kappa shape index (κ1) is 17.2. The number of nitrogens with zero attached hydrogens (tertiary/aromatic N) is 2.